The second-order valence-electron chi connectivity index (χ2n) is 10.8. The summed E-state index contributed by atoms with van der Waals surface area (Å²) in [5.41, 5.74) is 4.72. The fourth-order valence-corrected chi connectivity index (χ4v) is 6.46. The van der Waals surface area contributed by atoms with Crippen LogP contribution < -0.4 is 9.80 Å². The van der Waals surface area contributed by atoms with E-state index in [0.29, 0.717) is 16.8 Å². The zero-order valence-corrected chi connectivity index (χ0v) is 21.2. The van der Waals surface area contributed by atoms with Crippen molar-refractivity contribution >= 4 is 28.2 Å². The Morgan fingerprint density at radius 1 is 1.14 bits per heavy atom. The van der Waals surface area contributed by atoms with Crippen LogP contribution in [0.4, 0.5) is 15.8 Å². The number of rotatable bonds is 4. The van der Waals surface area contributed by atoms with Crippen molar-refractivity contribution in [3.8, 4) is 17.2 Å². The topological polar surface area (TPSA) is 79.3 Å². The van der Waals surface area contributed by atoms with Crippen molar-refractivity contribution in [2.24, 2.45) is 5.41 Å². The van der Waals surface area contributed by atoms with Crippen molar-refractivity contribution in [1.82, 2.24) is 15.1 Å². The van der Waals surface area contributed by atoms with Crippen molar-refractivity contribution < 1.29 is 9.18 Å². The highest BCUT2D eigenvalue weighted by Crippen LogP contribution is 2.46. The Hall–Kier alpha value is -3.86. The number of amides is 1. The number of likely N-dealkylation sites (tertiary alicyclic amines) is 1. The second kappa shape index (κ2) is 8.91. The van der Waals surface area contributed by atoms with Crippen LogP contribution in [0.5, 0.6) is 0 Å². The standard InChI is InChI=1S/C29H31FN6O/c1-3-25(37)36-17-29(18-36)8-12-35(13-9-29)23-14-24(34-10-4-5-11-34)28(30)27(20(23)15-31)26-19(2)6-7-22-21(26)16-32-33-22/h3,6-7,14,16H,1,4-5,8-13,17-18H2,2H3,(H,32,33). The van der Waals surface area contributed by atoms with Gasteiger partial charge in [0.15, 0.2) is 5.82 Å². The van der Waals surface area contributed by atoms with E-state index >= 15 is 4.39 Å². The molecule has 0 saturated carbocycles. The molecule has 3 aromatic rings. The van der Waals surface area contributed by atoms with Crippen LogP contribution in [-0.2, 0) is 4.79 Å². The molecule has 190 valence electrons. The highest BCUT2D eigenvalue weighted by molar-refractivity contribution is 6.00. The van der Waals surface area contributed by atoms with Crippen LogP contribution in [0.1, 0.15) is 36.8 Å². The van der Waals surface area contributed by atoms with Gasteiger partial charge in [0.2, 0.25) is 5.91 Å². The lowest BCUT2D eigenvalue weighted by atomic mass is 9.71. The third kappa shape index (κ3) is 3.76. The van der Waals surface area contributed by atoms with Crippen LogP contribution in [0.2, 0.25) is 0 Å². The summed E-state index contributed by atoms with van der Waals surface area (Å²) < 4.78 is 16.5. The lowest BCUT2D eigenvalue weighted by Crippen LogP contribution is -2.61. The fraction of sp³-hybridized carbons (Fsp3) is 0.414. The molecule has 6 rings (SSSR count). The number of aromatic nitrogens is 2. The molecule has 1 amide bonds. The zero-order valence-electron chi connectivity index (χ0n) is 21.2. The third-order valence-electron chi connectivity index (χ3n) is 8.57. The third-order valence-corrected chi connectivity index (χ3v) is 8.57. The van der Waals surface area contributed by atoms with Gasteiger partial charge in [-0.05, 0) is 61.9 Å². The van der Waals surface area contributed by atoms with Gasteiger partial charge in [0.05, 0.1) is 28.7 Å². The number of nitrogens with zero attached hydrogens (tertiary/aromatic N) is 5. The number of hydrogen-bond acceptors (Lipinski definition) is 5. The minimum absolute atomic E-state index is 0.0120. The number of nitriles is 1. The molecule has 3 aliphatic rings. The summed E-state index contributed by atoms with van der Waals surface area (Å²) in [5.74, 6) is -0.341. The summed E-state index contributed by atoms with van der Waals surface area (Å²) in [4.78, 5) is 18.2. The summed E-state index contributed by atoms with van der Waals surface area (Å²) in [7, 11) is 0. The summed E-state index contributed by atoms with van der Waals surface area (Å²) >= 11 is 0. The number of benzene rings is 2. The number of carbonyl (C=O) groups excluding carboxylic acids is 1. The number of H-pyrrole nitrogens is 1. The normalized spacial score (nSPS) is 18.8. The van der Waals surface area contributed by atoms with E-state index in [1.54, 1.807) is 6.20 Å². The van der Waals surface area contributed by atoms with Crippen molar-refractivity contribution in [3.63, 3.8) is 0 Å². The van der Waals surface area contributed by atoms with Gasteiger partial charge >= 0.3 is 0 Å². The van der Waals surface area contributed by atoms with Gasteiger partial charge in [-0.15, -0.1) is 0 Å². The Labute approximate surface area is 216 Å². The molecule has 0 unspecified atom stereocenters. The predicted molar refractivity (Wildman–Crippen MR) is 143 cm³/mol. The number of anilines is 2. The molecular weight excluding hydrogens is 467 g/mol. The maximum atomic E-state index is 16.5. The molecule has 1 spiro atoms. The van der Waals surface area contributed by atoms with Gasteiger partial charge in [-0.1, -0.05) is 12.6 Å². The van der Waals surface area contributed by atoms with Crippen molar-refractivity contribution in [2.45, 2.75) is 32.6 Å². The Kier molecular flexibility index (Phi) is 5.67. The van der Waals surface area contributed by atoms with Crippen LogP contribution >= 0.6 is 0 Å². The van der Waals surface area contributed by atoms with Gasteiger partial charge in [-0.2, -0.15) is 10.4 Å². The highest BCUT2D eigenvalue weighted by atomic mass is 19.1. The highest BCUT2D eigenvalue weighted by Gasteiger charge is 2.46. The predicted octanol–water partition coefficient (Wildman–Crippen LogP) is 4.76. The Morgan fingerprint density at radius 3 is 2.51 bits per heavy atom. The van der Waals surface area contributed by atoms with Crippen LogP contribution in [0.3, 0.4) is 0 Å². The SMILES string of the molecule is C=CC(=O)N1CC2(CCN(c3cc(N4CCCC4)c(F)c(-c4c(C)ccc5[nH]ncc45)c3C#N)CC2)C1. The maximum Gasteiger partial charge on any atom is 0.245 e. The number of piperidine rings is 1. The molecule has 7 nitrogen and oxygen atoms in total. The number of aryl methyl sites for hydroxylation is 1. The first-order valence-electron chi connectivity index (χ1n) is 13.1. The summed E-state index contributed by atoms with van der Waals surface area (Å²) in [6.07, 6.45) is 7.03. The van der Waals surface area contributed by atoms with Crippen LogP contribution in [-0.4, -0.2) is 60.3 Å². The van der Waals surface area contributed by atoms with Crippen molar-refractivity contribution in [3.05, 3.63) is 54.0 Å². The van der Waals surface area contributed by atoms with E-state index in [-0.39, 0.29) is 17.1 Å². The molecule has 1 aromatic heterocycles. The Morgan fingerprint density at radius 2 is 1.84 bits per heavy atom. The maximum absolute atomic E-state index is 16.5. The van der Waals surface area contributed by atoms with E-state index in [1.807, 2.05) is 30.0 Å². The number of aromatic amines is 1. The number of nitrogens with one attached hydrogen (secondary N) is 1. The van der Waals surface area contributed by atoms with E-state index in [1.165, 1.54) is 6.08 Å². The van der Waals surface area contributed by atoms with Crippen LogP contribution in [0.25, 0.3) is 22.0 Å². The first kappa shape index (κ1) is 23.5. The lowest BCUT2D eigenvalue weighted by molar-refractivity contribution is -0.139. The molecule has 3 saturated heterocycles. The molecule has 37 heavy (non-hydrogen) atoms. The minimum Gasteiger partial charge on any atom is -0.370 e. The van der Waals surface area contributed by atoms with E-state index < -0.39 is 0 Å². The smallest absolute Gasteiger partial charge is 0.245 e. The van der Waals surface area contributed by atoms with Crippen LogP contribution in [0.15, 0.2) is 37.1 Å². The van der Waals surface area contributed by atoms with Crippen molar-refractivity contribution in [2.75, 3.05) is 49.1 Å². The zero-order chi connectivity index (χ0) is 25.7. The first-order valence-corrected chi connectivity index (χ1v) is 13.1. The second-order valence-corrected chi connectivity index (χ2v) is 10.8. The molecule has 1 N–H and O–H groups in total. The number of halogens is 1. The average molecular weight is 499 g/mol. The molecule has 2 aromatic carbocycles. The molecule has 4 heterocycles. The molecule has 3 fully saturated rings. The van der Waals surface area contributed by atoms with E-state index in [4.69, 9.17) is 0 Å². The quantitative estimate of drug-likeness (QED) is 0.525. The number of hydrogen-bond donors (Lipinski definition) is 1. The Balaban J connectivity index is 1.43. The summed E-state index contributed by atoms with van der Waals surface area (Å²) in [6, 6.07) is 8.19. The molecule has 3 aliphatic heterocycles. The molecule has 8 heteroatoms. The largest absolute Gasteiger partial charge is 0.370 e. The van der Waals surface area contributed by atoms with Gasteiger partial charge in [-0.25, -0.2) is 4.39 Å². The van der Waals surface area contributed by atoms with Gasteiger partial charge in [0, 0.05) is 55.6 Å². The van der Waals surface area contributed by atoms with Crippen molar-refractivity contribution in [1.29, 1.82) is 5.26 Å². The van der Waals surface area contributed by atoms with E-state index in [2.05, 4.69) is 32.6 Å². The number of carbonyl (C=O) groups is 1. The average Bonchev–Trinajstić information content (AvgIpc) is 3.60. The van der Waals surface area contributed by atoms with Crippen LogP contribution in [0, 0.1) is 29.5 Å². The molecule has 0 atom stereocenters. The van der Waals surface area contributed by atoms with E-state index in [9.17, 15) is 10.1 Å². The first-order chi connectivity index (χ1) is 17.9. The van der Waals surface area contributed by atoms with Gasteiger partial charge < -0.3 is 14.7 Å². The molecule has 0 aliphatic carbocycles. The molecular formula is C29H31FN6O. The van der Waals surface area contributed by atoms with Gasteiger partial charge in [0.25, 0.3) is 0 Å². The minimum atomic E-state index is -0.329. The lowest BCUT2D eigenvalue weighted by Gasteiger charge is -2.54. The molecule has 0 radical (unpaired) electrons. The monoisotopic (exact) mass is 498 g/mol. The number of fused-ring (bicyclic) bond motifs is 1. The summed E-state index contributed by atoms with van der Waals surface area (Å²) in [6.45, 7) is 10.2. The summed E-state index contributed by atoms with van der Waals surface area (Å²) in [5, 5.41) is 18.4. The Bertz CT molecular complexity index is 1430. The van der Waals surface area contributed by atoms with E-state index in [0.717, 1.165) is 92.7 Å². The van der Waals surface area contributed by atoms with Gasteiger partial charge in [0.1, 0.15) is 6.07 Å². The fourth-order valence-electron chi connectivity index (χ4n) is 6.46. The van der Waals surface area contributed by atoms with Gasteiger partial charge in [-0.3, -0.25) is 9.89 Å². The molecule has 0 bridgehead atoms.